The van der Waals surface area contributed by atoms with Gasteiger partial charge in [0.1, 0.15) is 0 Å². The van der Waals surface area contributed by atoms with E-state index >= 15 is 0 Å². The summed E-state index contributed by atoms with van der Waals surface area (Å²) in [6, 6.07) is 16.2. The standard InChI is InChI=1S/C30H42O8/c1-31-13-15-33-17-19-35-21-23-37-25-29-9-5-27(6-10-29)3-4-28-7-11-30(12-8-28)26-38-24-22-36-20-18-34-16-14-32-2/h5-12H,13-26H2,1-2H3. The molecule has 0 aliphatic rings. The summed E-state index contributed by atoms with van der Waals surface area (Å²) in [4.78, 5) is 0. The van der Waals surface area contributed by atoms with Crippen molar-refractivity contribution in [2.75, 3.05) is 93.5 Å². The van der Waals surface area contributed by atoms with E-state index in [9.17, 15) is 0 Å². The molecule has 0 spiro atoms. The number of rotatable bonds is 22. The number of hydrogen-bond acceptors (Lipinski definition) is 8. The highest BCUT2D eigenvalue weighted by Crippen LogP contribution is 2.07. The molecule has 0 amide bonds. The van der Waals surface area contributed by atoms with Crippen LogP contribution in [0.1, 0.15) is 22.3 Å². The molecule has 0 saturated heterocycles. The van der Waals surface area contributed by atoms with E-state index in [1.807, 2.05) is 48.5 Å². The Morgan fingerprint density at radius 2 is 0.684 bits per heavy atom. The maximum Gasteiger partial charge on any atom is 0.0718 e. The predicted molar refractivity (Wildman–Crippen MR) is 145 cm³/mol. The van der Waals surface area contributed by atoms with E-state index in [0.717, 1.165) is 22.3 Å². The molecular weight excluding hydrogens is 488 g/mol. The Kier molecular flexibility index (Phi) is 19.0. The molecule has 0 aliphatic heterocycles. The van der Waals surface area contributed by atoms with Gasteiger partial charge in [-0.25, -0.2) is 0 Å². The smallest absolute Gasteiger partial charge is 0.0718 e. The van der Waals surface area contributed by atoms with Gasteiger partial charge < -0.3 is 37.9 Å². The zero-order valence-corrected chi connectivity index (χ0v) is 22.8. The molecule has 210 valence electrons. The van der Waals surface area contributed by atoms with E-state index in [1.54, 1.807) is 14.2 Å². The van der Waals surface area contributed by atoms with E-state index in [2.05, 4.69) is 11.8 Å². The Labute approximate surface area is 227 Å². The van der Waals surface area contributed by atoms with Gasteiger partial charge >= 0.3 is 0 Å². The molecular formula is C30H42O8. The molecule has 0 unspecified atom stereocenters. The fourth-order valence-electron chi connectivity index (χ4n) is 3.06. The predicted octanol–water partition coefficient (Wildman–Crippen LogP) is 3.48. The van der Waals surface area contributed by atoms with Crippen LogP contribution < -0.4 is 0 Å². The van der Waals surface area contributed by atoms with Crippen LogP contribution >= 0.6 is 0 Å². The molecule has 0 aliphatic carbocycles. The second-order valence-electron chi connectivity index (χ2n) is 8.18. The molecule has 0 bridgehead atoms. The van der Waals surface area contributed by atoms with E-state index in [-0.39, 0.29) is 0 Å². The van der Waals surface area contributed by atoms with Crippen LogP contribution in [0.4, 0.5) is 0 Å². The molecule has 0 saturated carbocycles. The van der Waals surface area contributed by atoms with Gasteiger partial charge in [0, 0.05) is 25.3 Å². The van der Waals surface area contributed by atoms with Crippen LogP contribution in [0.2, 0.25) is 0 Å². The molecule has 0 N–H and O–H groups in total. The van der Waals surface area contributed by atoms with Gasteiger partial charge in [0.2, 0.25) is 0 Å². The normalized spacial score (nSPS) is 10.9. The van der Waals surface area contributed by atoms with E-state index < -0.39 is 0 Å². The first-order valence-electron chi connectivity index (χ1n) is 13.0. The average Bonchev–Trinajstić information content (AvgIpc) is 2.95. The second kappa shape index (κ2) is 22.6. The van der Waals surface area contributed by atoms with E-state index in [4.69, 9.17) is 37.9 Å². The van der Waals surface area contributed by atoms with Gasteiger partial charge in [0.25, 0.3) is 0 Å². The topological polar surface area (TPSA) is 73.8 Å². The maximum atomic E-state index is 5.67. The molecule has 0 atom stereocenters. The summed E-state index contributed by atoms with van der Waals surface area (Å²) in [6.45, 7) is 7.86. The largest absolute Gasteiger partial charge is 0.382 e. The summed E-state index contributed by atoms with van der Waals surface area (Å²) in [5.74, 6) is 6.42. The fourth-order valence-corrected chi connectivity index (χ4v) is 3.06. The van der Waals surface area contributed by atoms with Crippen molar-refractivity contribution < 1.29 is 37.9 Å². The maximum absolute atomic E-state index is 5.67. The first-order chi connectivity index (χ1) is 18.8. The van der Waals surface area contributed by atoms with Gasteiger partial charge in [0.05, 0.1) is 92.5 Å². The van der Waals surface area contributed by atoms with Crippen molar-refractivity contribution in [1.29, 1.82) is 0 Å². The van der Waals surface area contributed by atoms with Crippen LogP contribution in [0, 0.1) is 11.8 Å². The molecule has 2 aromatic carbocycles. The Hall–Kier alpha value is -2.32. The third kappa shape index (κ3) is 16.5. The Morgan fingerprint density at radius 3 is 1.00 bits per heavy atom. The zero-order chi connectivity index (χ0) is 26.9. The SMILES string of the molecule is COCCOCCOCCOCc1ccc(C#Cc2ccc(COCCOCCOCCOC)cc2)cc1. The van der Waals surface area contributed by atoms with Crippen LogP contribution in [-0.2, 0) is 51.1 Å². The van der Waals surface area contributed by atoms with Crippen molar-refractivity contribution in [2.45, 2.75) is 13.2 Å². The number of methoxy groups -OCH3 is 2. The quantitative estimate of drug-likeness (QED) is 0.169. The van der Waals surface area contributed by atoms with Crippen molar-refractivity contribution in [1.82, 2.24) is 0 Å². The summed E-state index contributed by atoms with van der Waals surface area (Å²) in [5, 5.41) is 0. The minimum atomic E-state index is 0.541. The minimum Gasteiger partial charge on any atom is -0.382 e. The first kappa shape index (κ1) is 31.9. The molecule has 0 aromatic heterocycles. The lowest BCUT2D eigenvalue weighted by atomic mass is 10.1. The van der Waals surface area contributed by atoms with Crippen molar-refractivity contribution in [3.63, 3.8) is 0 Å². The molecule has 38 heavy (non-hydrogen) atoms. The van der Waals surface area contributed by atoms with E-state index in [1.165, 1.54) is 0 Å². The van der Waals surface area contributed by atoms with Crippen molar-refractivity contribution in [3.8, 4) is 11.8 Å². The number of ether oxygens (including phenoxy) is 8. The summed E-state index contributed by atoms with van der Waals surface area (Å²) >= 11 is 0. The van der Waals surface area contributed by atoms with Gasteiger partial charge in [-0.15, -0.1) is 0 Å². The molecule has 2 aromatic rings. The Bertz CT molecular complexity index is 802. The summed E-state index contributed by atoms with van der Waals surface area (Å²) in [5.41, 5.74) is 4.12. The lowest BCUT2D eigenvalue weighted by Gasteiger charge is -2.07. The molecule has 8 nitrogen and oxygen atoms in total. The van der Waals surface area contributed by atoms with Crippen LogP contribution in [0.3, 0.4) is 0 Å². The van der Waals surface area contributed by atoms with Crippen molar-refractivity contribution in [3.05, 3.63) is 70.8 Å². The number of benzene rings is 2. The molecule has 2 rings (SSSR count). The van der Waals surface area contributed by atoms with Crippen LogP contribution in [0.25, 0.3) is 0 Å². The van der Waals surface area contributed by atoms with Gasteiger partial charge in [-0.1, -0.05) is 36.1 Å². The van der Waals surface area contributed by atoms with E-state index in [0.29, 0.717) is 92.5 Å². The highest BCUT2D eigenvalue weighted by atomic mass is 16.6. The highest BCUT2D eigenvalue weighted by Gasteiger charge is 1.97. The van der Waals surface area contributed by atoms with Crippen LogP contribution in [0.5, 0.6) is 0 Å². The van der Waals surface area contributed by atoms with Crippen molar-refractivity contribution in [2.24, 2.45) is 0 Å². The second-order valence-corrected chi connectivity index (χ2v) is 8.18. The average molecular weight is 531 g/mol. The van der Waals surface area contributed by atoms with Crippen LogP contribution in [0.15, 0.2) is 48.5 Å². The summed E-state index contributed by atoms with van der Waals surface area (Å²) < 4.78 is 42.8. The van der Waals surface area contributed by atoms with Gasteiger partial charge in [0.15, 0.2) is 0 Å². The zero-order valence-electron chi connectivity index (χ0n) is 22.8. The molecule has 0 radical (unpaired) electrons. The third-order valence-electron chi connectivity index (χ3n) is 5.15. The van der Waals surface area contributed by atoms with Crippen molar-refractivity contribution >= 4 is 0 Å². The van der Waals surface area contributed by atoms with Gasteiger partial charge in [-0.2, -0.15) is 0 Å². The fraction of sp³-hybridized carbons (Fsp3) is 0.533. The lowest BCUT2D eigenvalue weighted by molar-refractivity contribution is 0.000868. The monoisotopic (exact) mass is 530 g/mol. The number of hydrogen-bond donors (Lipinski definition) is 0. The lowest BCUT2D eigenvalue weighted by Crippen LogP contribution is -2.11. The Balaban J connectivity index is 1.54. The molecule has 8 heteroatoms. The molecule has 0 fully saturated rings. The summed E-state index contributed by atoms with van der Waals surface area (Å²) in [7, 11) is 3.31. The van der Waals surface area contributed by atoms with Crippen LogP contribution in [-0.4, -0.2) is 93.5 Å². The highest BCUT2D eigenvalue weighted by molar-refractivity contribution is 5.44. The molecule has 0 heterocycles. The van der Waals surface area contributed by atoms with Gasteiger partial charge in [-0.3, -0.25) is 0 Å². The summed E-state index contributed by atoms with van der Waals surface area (Å²) in [6.07, 6.45) is 0. The first-order valence-corrected chi connectivity index (χ1v) is 13.0. The van der Waals surface area contributed by atoms with Gasteiger partial charge in [-0.05, 0) is 35.4 Å². The minimum absolute atomic E-state index is 0.541. The third-order valence-corrected chi connectivity index (χ3v) is 5.15. The Morgan fingerprint density at radius 1 is 0.395 bits per heavy atom.